The second kappa shape index (κ2) is 9.13. The molecule has 2 aromatic carbocycles. The van der Waals surface area contributed by atoms with Gasteiger partial charge in [0.15, 0.2) is 11.0 Å². The molecule has 29 heavy (non-hydrogen) atoms. The van der Waals surface area contributed by atoms with E-state index in [9.17, 15) is 4.79 Å². The number of hydrogen-bond donors (Lipinski definition) is 1. The number of thioether (sulfide) groups is 1. The maximum Gasteiger partial charge on any atom is 0.238 e. The van der Waals surface area contributed by atoms with Gasteiger partial charge in [-0.2, -0.15) is 0 Å². The molecule has 1 N–H and O–H groups in total. The molecule has 6 nitrogen and oxygen atoms in total. The van der Waals surface area contributed by atoms with E-state index in [0.29, 0.717) is 5.16 Å². The van der Waals surface area contributed by atoms with E-state index < -0.39 is 0 Å². The molecule has 0 saturated heterocycles. The molecule has 0 saturated carbocycles. The molecule has 0 radical (unpaired) electrons. The molecule has 0 bridgehead atoms. The molecule has 1 atom stereocenters. The Morgan fingerprint density at radius 2 is 1.79 bits per heavy atom. The van der Waals surface area contributed by atoms with Gasteiger partial charge < -0.3 is 14.6 Å². The second-order valence-corrected chi connectivity index (χ2v) is 8.29. The molecule has 0 aliphatic rings. The monoisotopic (exact) mass is 410 g/mol. The lowest BCUT2D eigenvalue weighted by molar-refractivity contribution is -0.116. The van der Waals surface area contributed by atoms with E-state index in [1.807, 2.05) is 67.9 Å². The predicted molar refractivity (Wildman–Crippen MR) is 117 cm³/mol. The summed E-state index contributed by atoms with van der Waals surface area (Å²) in [7, 11) is 3.55. The van der Waals surface area contributed by atoms with E-state index in [1.165, 1.54) is 11.8 Å². The van der Waals surface area contributed by atoms with Crippen LogP contribution in [0, 0.1) is 12.8 Å². The largest absolute Gasteiger partial charge is 0.497 e. The molecule has 1 aromatic heterocycles. The summed E-state index contributed by atoms with van der Waals surface area (Å²) in [6.07, 6.45) is 0. The molecule has 0 fully saturated rings. The van der Waals surface area contributed by atoms with Gasteiger partial charge in [-0.3, -0.25) is 4.79 Å². The predicted octanol–water partition coefficient (Wildman–Crippen LogP) is 4.55. The Balaban J connectivity index is 1.78. The Labute approximate surface area is 175 Å². The van der Waals surface area contributed by atoms with Crippen molar-refractivity contribution in [3.05, 3.63) is 54.1 Å². The van der Waals surface area contributed by atoms with Crippen molar-refractivity contribution in [2.45, 2.75) is 31.2 Å². The highest BCUT2D eigenvalue weighted by molar-refractivity contribution is 8.00. The lowest BCUT2D eigenvalue weighted by Crippen LogP contribution is -2.30. The molecular formula is C22H26N4O2S. The number of methoxy groups -OCH3 is 1. The summed E-state index contributed by atoms with van der Waals surface area (Å²) in [5.74, 6) is 1.61. The number of carbonyl (C=O) groups excluding carboxylic acids is 1. The first-order valence-electron chi connectivity index (χ1n) is 9.47. The number of amides is 1. The van der Waals surface area contributed by atoms with E-state index in [-0.39, 0.29) is 17.1 Å². The fraction of sp³-hybridized carbons (Fsp3) is 0.318. The van der Waals surface area contributed by atoms with Crippen molar-refractivity contribution in [2.24, 2.45) is 13.0 Å². The number of anilines is 1. The van der Waals surface area contributed by atoms with E-state index >= 15 is 0 Å². The van der Waals surface area contributed by atoms with Crippen molar-refractivity contribution in [3.8, 4) is 17.1 Å². The van der Waals surface area contributed by atoms with Gasteiger partial charge in [-0.15, -0.1) is 10.2 Å². The number of aromatic nitrogens is 3. The van der Waals surface area contributed by atoms with Crippen LogP contribution in [0.15, 0.2) is 53.7 Å². The van der Waals surface area contributed by atoms with Gasteiger partial charge in [0.25, 0.3) is 0 Å². The molecule has 3 rings (SSSR count). The Kier molecular flexibility index (Phi) is 6.59. The third kappa shape index (κ3) is 4.79. The standard InChI is InChI=1S/C22H26N4O2S/c1-14(2)19(21(27)23-16-10-12-17(28-5)13-11-16)29-22-25-24-20(26(22)4)18-9-7-6-8-15(18)3/h6-14,19H,1-5H3,(H,23,27). The molecule has 0 spiro atoms. The van der Waals surface area contributed by atoms with Crippen molar-refractivity contribution < 1.29 is 9.53 Å². The average molecular weight is 411 g/mol. The van der Waals surface area contributed by atoms with Crippen LogP contribution in [0.4, 0.5) is 5.69 Å². The summed E-state index contributed by atoms with van der Waals surface area (Å²) in [6, 6.07) is 15.4. The van der Waals surface area contributed by atoms with Crippen molar-refractivity contribution in [1.82, 2.24) is 14.8 Å². The molecule has 1 unspecified atom stereocenters. The quantitative estimate of drug-likeness (QED) is 0.579. The highest BCUT2D eigenvalue weighted by Crippen LogP contribution is 2.31. The fourth-order valence-electron chi connectivity index (χ4n) is 2.97. The molecule has 1 heterocycles. The van der Waals surface area contributed by atoms with Crippen LogP contribution >= 0.6 is 11.8 Å². The van der Waals surface area contributed by atoms with Crippen LogP contribution in [0.1, 0.15) is 19.4 Å². The lowest BCUT2D eigenvalue weighted by atomic mass is 10.1. The summed E-state index contributed by atoms with van der Waals surface area (Å²) in [5, 5.41) is 12.1. The molecule has 3 aromatic rings. The number of ether oxygens (including phenoxy) is 1. The van der Waals surface area contributed by atoms with Gasteiger partial charge in [-0.1, -0.05) is 49.9 Å². The number of aryl methyl sites for hydroxylation is 1. The van der Waals surface area contributed by atoms with Gasteiger partial charge in [0.1, 0.15) is 5.75 Å². The van der Waals surface area contributed by atoms with Gasteiger partial charge in [0, 0.05) is 18.3 Å². The fourth-order valence-corrected chi connectivity index (χ4v) is 3.97. The van der Waals surface area contributed by atoms with Gasteiger partial charge in [0.05, 0.1) is 12.4 Å². The van der Waals surface area contributed by atoms with Crippen LogP contribution in [0.25, 0.3) is 11.4 Å². The zero-order valence-electron chi connectivity index (χ0n) is 17.3. The Morgan fingerprint density at radius 1 is 1.10 bits per heavy atom. The zero-order chi connectivity index (χ0) is 21.0. The van der Waals surface area contributed by atoms with Crippen LogP contribution < -0.4 is 10.1 Å². The van der Waals surface area contributed by atoms with Crippen LogP contribution in [0.5, 0.6) is 5.75 Å². The third-order valence-corrected chi connectivity index (χ3v) is 6.25. The van der Waals surface area contributed by atoms with Crippen molar-refractivity contribution >= 4 is 23.4 Å². The maximum absolute atomic E-state index is 12.9. The summed E-state index contributed by atoms with van der Waals surface area (Å²) < 4.78 is 7.11. The highest BCUT2D eigenvalue weighted by atomic mass is 32.2. The maximum atomic E-state index is 12.9. The smallest absolute Gasteiger partial charge is 0.238 e. The third-order valence-electron chi connectivity index (χ3n) is 4.67. The SMILES string of the molecule is COc1ccc(NC(=O)C(Sc2nnc(-c3ccccc3C)n2C)C(C)C)cc1. The number of nitrogens with zero attached hydrogens (tertiary/aromatic N) is 3. The first-order valence-corrected chi connectivity index (χ1v) is 10.4. The summed E-state index contributed by atoms with van der Waals surface area (Å²) in [6.45, 7) is 6.11. The number of nitrogens with one attached hydrogen (secondary N) is 1. The minimum absolute atomic E-state index is 0.0596. The van der Waals surface area contributed by atoms with Gasteiger partial charge >= 0.3 is 0 Å². The van der Waals surface area contributed by atoms with Crippen LogP contribution in [0.3, 0.4) is 0 Å². The van der Waals surface area contributed by atoms with Crippen LogP contribution in [0.2, 0.25) is 0 Å². The summed E-state index contributed by atoms with van der Waals surface area (Å²) >= 11 is 1.43. The molecule has 152 valence electrons. The van der Waals surface area contributed by atoms with Crippen molar-refractivity contribution in [1.29, 1.82) is 0 Å². The Bertz CT molecular complexity index is 983. The average Bonchev–Trinajstić information content (AvgIpc) is 3.07. The molecular weight excluding hydrogens is 384 g/mol. The zero-order valence-corrected chi connectivity index (χ0v) is 18.2. The van der Waals surface area contributed by atoms with Gasteiger partial charge in [-0.25, -0.2) is 0 Å². The molecule has 0 aliphatic heterocycles. The first-order chi connectivity index (χ1) is 13.9. The van der Waals surface area contributed by atoms with Crippen LogP contribution in [-0.4, -0.2) is 33.0 Å². The lowest BCUT2D eigenvalue weighted by Gasteiger charge is -2.19. The number of benzene rings is 2. The molecule has 7 heteroatoms. The van der Waals surface area contributed by atoms with E-state index in [1.54, 1.807) is 7.11 Å². The van der Waals surface area contributed by atoms with Crippen molar-refractivity contribution in [3.63, 3.8) is 0 Å². The van der Waals surface area contributed by atoms with Gasteiger partial charge in [0.2, 0.25) is 5.91 Å². The van der Waals surface area contributed by atoms with Gasteiger partial charge in [-0.05, 0) is 42.7 Å². The first kappa shape index (κ1) is 20.9. The van der Waals surface area contributed by atoms with E-state index in [4.69, 9.17) is 4.74 Å². The Morgan fingerprint density at radius 3 is 2.41 bits per heavy atom. The minimum atomic E-state index is -0.301. The summed E-state index contributed by atoms with van der Waals surface area (Å²) in [5.41, 5.74) is 2.91. The van der Waals surface area contributed by atoms with Crippen LogP contribution in [-0.2, 0) is 11.8 Å². The molecule has 0 aliphatic carbocycles. The highest BCUT2D eigenvalue weighted by Gasteiger charge is 2.26. The number of rotatable bonds is 7. The van der Waals surface area contributed by atoms with E-state index in [0.717, 1.165) is 28.4 Å². The Hall–Kier alpha value is -2.80. The minimum Gasteiger partial charge on any atom is -0.497 e. The second-order valence-electron chi connectivity index (χ2n) is 7.18. The number of carbonyl (C=O) groups is 1. The van der Waals surface area contributed by atoms with Crippen molar-refractivity contribution in [2.75, 3.05) is 12.4 Å². The summed E-state index contributed by atoms with van der Waals surface area (Å²) in [4.78, 5) is 12.9. The normalized spacial score (nSPS) is 12.1. The topological polar surface area (TPSA) is 69.0 Å². The van der Waals surface area contributed by atoms with E-state index in [2.05, 4.69) is 28.5 Å². The molecule has 1 amide bonds. The number of hydrogen-bond acceptors (Lipinski definition) is 5.